The molecule has 0 saturated heterocycles. The van der Waals surface area contributed by atoms with Crippen molar-refractivity contribution in [3.8, 4) is 6.07 Å². The zero-order chi connectivity index (χ0) is 10.7. The van der Waals surface area contributed by atoms with Gasteiger partial charge in [-0.05, 0) is 25.1 Å². The van der Waals surface area contributed by atoms with Crippen LogP contribution in [0.1, 0.15) is 12.5 Å². The maximum absolute atomic E-state index is 13.0. The van der Waals surface area contributed by atoms with Crippen LogP contribution in [-0.2, 0) is 0 Å². The van der Waals surface area contributed by atoms with Gasteiger partial charge in [0, 0.05) is 15.6 Å². The Hall–Kier alpha value is -1.34. The van der Waals surface area contributed by atoms with Crippen molar-refractivity contribution in [2.45, 2.75) is 6.92 Å². The Morgan fingerprint density at radius 1 is 1.50 bits per heavy atom. The molecule has 0 unspecified atom stereocenters. The molecule has 0 fully saturated rings. The van der Waals surface area contributed by atoms with Crippen LogP contribution in [0, 0.1) is 17.1 Å². The first-order chi connectivity index (χ1) is 6.54. The number of nitrogens with two attached hydrogens (primary N) is 1. The molecule has 1 aromatic carbocycles. The van der Waals surface area contributed by atoms with Gasteiger partial charge in [0.2, 0.25) is 0 Å². The van der Waals surface area contributed by atoms with Crippen LogP contribution in [0.5, 0.6) is 0 Å². The first-order valence-electron chi connectivity index (χ1n) is 3.87. The maximum atomic E-state index is 13.0. The van der Waals surface area contributed by atoms with Crippen molar-refractivity contribution < 1.29 is 4.39 Å². The van der Waals surface area contributed by atoms with E-state index in [4.69, 9.17) is 11.0 Å². The van der Waals surface area contributed by atoms with Crippen LogP contribution in [0.25, 0.3) is 5.70 Å². The molecular weight excluding hydrogens is 247 g/mol. The van der Waals surface area contributed by atoms with Gasteiger partial charge in [-0.2, -0.15) is 5.26 Å². The van der Waals surface area contributed by atoms with Crippen LogP contribution in [-0.4, -0.2) is 0 Å². The number of hydrogen-bond acceptors (Lipinski definition) is 2. The molecule has 0 aliphatic rings. The summed E-state index contributed by atoms with van der Waals surface area (Å²) < 4.78 is 13.6. The Morgan fingerprint density at radius 2 is 2.14 bits per heavy atom. The van der Waals surface area contributed by atoms with Crippen molar-refractivity contribution in [3.05, 3.63) is 39.6 Å². The van der Waals surface area contributed by atoms with Crippen molar-refractivity contribution in [1.82, 2.24) is 0 Å². The quantitative estimate of drug-likeness (QED) is 0.784. The topological polar surface area (TPSA) is 49.8 Å². The number of rotatable bonds is 1. The van der Waals surface area contributed by atoms with E-state index in [0.717, 1.165) is 0 Å². The van der Waals surface area contributed by atoms with Gasteiger partial charge in [0.1, 0.15) is 5.82 Å². The van der Waals surface area contributed by atoms with Gasteiger partial charge in [-0.3, -0.25) is 0 Å². The molecular formula is C10H8BrFN2. The number of nitriles is 1. The highest BCUT2D eigenvalue weighted by molar-refractivity contribution is 9.10. The van der Waals surface area contributed by atoms with E-state index >= 15 is 0 Å². The highest BCUT2D eigenvalue weighted by Gasteiger charge is 2.04. The monoisotopic (exact) mass is 254 g/mol. The first kappa shape index (κ1) is 10.7. The summed E-state index contributed by atoms with van der Waals surface area (Å²) in [6, 6.07) is 6.21. The number of benzene rings is 1. The second-order valence-corrected chi connectivity index (χ2v) is 3.72. The fourth-order valence-electron chi connectivity index (χ4n) is 0.986. The minimum Gasteiger partial charge on any atom is -0.397 e. The molecule has 2 N–H and O–H groups in total. The Morgan fingerprint density at radius 3 is 2.64 bits per heavy atom. The predicted molar refractivity (Wildman–Crippen MR) is 56.5 cm³/mol. The molecule has 14 heavy (non-hydrogen) atoms. The van der Waals surface area contributed by atoms with Crippen LogP contribution in [0.4, 0.5) is 4.39 Å². The van der Waals surface area contributed by atoms with Crippen LogP contribution in [0.3, 0.4) is 0 Å². The lowest BCUT2D eigenvalue weighted by molar-refractivity contribution is 0.626. The van der Waals surface area contributed by atoms with Crippen LogP contribution < -0.4 is 5.73 Å². The minimum atomic E-state index is -0.386. The number of hydrogen-bond donors (Lipinski definition) is 1. The molecule has 0 radical (unpaired) electrons. The standard InChI is InChI=1S/C10H8BrFN2/c1-6(5-13)10(14)7-2-8(11)4-9(12)3-7/h2-4H,14H2,1H3/b10-6-. The third-order valence-corrected chi connectivity index (χ3v) is 2.20. The number of nitrogens with zero attached hydrogens (tertiary/aromatic N) is 1. The molecule has 0 aromatic heterocycles. The van der Waals surface area contributed by atoms with E-state index in [2.05, 4.69) is 15.9 Å². The molecule has 0 spiro atoms. The Labute approximate surface area is 90.0 Å². The molecule has 1 rings (SSSR count). The van der Waals surface area contributed by atoms with Gasteiger partial charge >= 0.3 is 0 Å². The van der Waals surface area contributed by atoms with Crippen LogP contribution in [0.2, 0.25) is 0 Å². The fourth-order valence-corrected chi connectivity index (χ4v) is 1.45. The fraction of sp³-hybridized carbons (Fsp3) is 0.100. The SMILES string of the molecule is C/C(C#N)=C(/N)c1cc(F)cc(Br)c1. The third-order valence-electron chi connectivity index (χ3n) is 1.75. The van der Waals surface area contributed by atoms with Crippen LogP contribution in [0.15, 0.2) is 28.2 Å². The molecule has 0 amide bonds. The molecule has 1 aromatic rings. The van der Waals surface area contributed by atoms with Crippen LogP contribution >= 0.6 is 15.9 Å². The van der Waals surface area contributed by atoms with Gasteiger partial charge in [-0.1, -0.05) is 15.9 Å². The molecule has 0 saturated carbocycles. The summed E-state index contributed by atoms with van der Waals surface area (Å²) in [5.74, 6) is -0.386. The average molecular weight is 255 g/mol. The number of halogens is 2. The first-order valence-corrected chi connectivity index (χ1v) is 4.67. The lowest BCUT2D eigenvalue weighted by atomic mass is 10.1. The summed E-state index contributed by atoms with van der Waals surface area (Å²) in [4.78, 5) is 0. The van der Waals surface area contributed by atoms with Gasteiger partial charge < -0.3 is 5.73 Å². The summed E-state index contributed by atoms with van der Waals surface area (Å²) in [5, 5.41) is 8.61. The molecule has 72 valence electrons. The predicted octanol–water partition coefficient (Wildman–Crippen LogP) is 2.80. The van der Waals surface area contributed by atoms with E-state index in [9.17, 15) is 4.39 Å². The molecule has 0 atom stereocenters. The van der Waals surface area contributed by atoms with E-state index in [-0.39, 0.29) is 5.82 Å². The molecule has 0 bridgehead atoms. The molecule has 2 nitrogen and oxygen atoms in total. The zero-order valence-electron chi connectivity index (χ0n) is 7.51. The van der Waals surface area contributed by atoms with Gasteiger partial charge in [0.05, 0.1) is 11.8 Å². The zero-order valence-corrected chi connectivity index (χ0v) is 9.10. The molecule has 0 heterocycles. The van der Waals surface area contributed by atoms with E-state index in [1.165, 1.54) is 12.1 Å². The van der Waals surface area contributed by atoms with Gasteiger partial charge in [0.25, 0.3) is 0 Å². The van der Waals surface area contributed by atoms with Gasteiger partial charge in [-0.15, -0.1) is 0 Å². The molecule has 0 aliphatic carbocycles. The summed E-state index contributed by atoms with van der Waals surface area (Å²) in [6.45, 7) is 1.59. The van der Waals surface area contributed by atoms with Crippen molar-refractivity contribution in [2.75, 3.05) is 0 Å². The summed E-state index contributed by atoms with van der Waals surface area (Å²) in [6.07, 6.45) is 0. The average Bonchev–Trinajstić information content (AvgIpc) is 2.14. The lowest BCUT2D eigenvalue weighted by Crippen LogP contribution is -1.99. The Bertz CT molecular complexity index is 412. The van der Waals surface area contributed by atoms with E-state index in [1.54, 1.807) is 13.0 Å². The van der Waals surface area contributed by atoms with E-state index in [0.29, 0.717) is 21.3 Å². The summed E-state index contributed by atoms with van der Waals surface area (Å²) >= 11 is 3.15. The highest BCUT2D eigenvalue weighted by atomic mass is 79.9. The Balaban J connectivity index is 3.28. The van der Waals surface area contributed by atoms with Gasteiger partial charge in [0.15, 0.2) is 0 Å². The highest BCUT2D eigenvalue weighted by Crippen LogP contribution is 2.20. The third kappa shape index (κ3) is 2.33. The lowest BCUT2D eigenvalue weighted by Gasteiger charge is -2.03. The summed E-state index contributed by atoms with van der Waals surface area (Å²) in [7, 11) is 0. The van der Waals surface area contributed by atoms with E-state index in [1.807, 2.05) is 6.07 Å². The normalized spacial score (nSPS) is 11.9. The maximum Gasteiger partial charge on any atom is 0.125 e. The molecule has 0 aliphatic heterocycles. The second-order valence-electron chi connectivity index (χ2n) is 2.81. The molecule has 4 heteroatoms. The van der Waals surface area contributed by atoms with E-state index < -0.39 is 0 Å². The second kappa shape index (κ2) is 4.25. The van der Waals surface area contributed by atoms with Crippen molar-refractivity contribution in [2.24, 2.45) is 5.73 Å². The van der Waals surface area contributed by atoms with Crippen molar-refractivity contribution in [3.63, 3.8) is 0 Å². The summed E-state index contributed by atoms with van der Waals surface area (Å²) in [5.41, 5.74) is 6.84. The largest absolute Gasteiger partial charge is 0.397 e. The Kier molecular flexibility index (Phi) is 3.26. The van der Waals surface area contributed by atoms with Crippen molar-refractivity contribution >= 4 is 21.6 Å². The number of allylic oxidation sites excluding steroid dienone is 1. The smallest absolute Gasteiger partial charge is 0.125 e. The minimum absolute atomic E-state index is 0.299. The van der Waals surface area contributed by atoms with Crippen molar-refractivity contribution in [1.29, 1.82) is 5.26 Å². The van der Waals surface area contributed by atoms with Gasteiger partial charge in [-0.25, -0.2) is 4.39 Å².